The van der Waals surface area contributed by atoms with Crippen LogP contribution in [0.5, 0.6) is 5.88 Å². The molecule has 0 aliphatic carbocycles. The molecule has 0 bridgehead atoms. The molecule has 4 nitrogen and oxygen atoms in total. The fraction of sp³-hybridized carbons (Fsp3) is 0.400. The molecule has 0 saturated carbocycles. The van der Waals surface area contributed by atoms with E-state index < -0.39 is 5.97 Å². The summed E-state index contributed by atoms with van der Waals surface area (Å²) in [6, 6.07) is 1.23. The number of carboxylic acids is 1. The lowest BCUT2D eigenvalue weighted by Gasteiger charge is -2.10. The van der Waals surface area contributed by atoms with Crippen molar-refractivity contribution >= 4 is 29.2 Å². The Morgan fingerprint density at radius 1 is 1.56 bits per heavy atom. The first-order valence-electron chi connectivity index (χ1n) is 4.64. The molecule has 0 atom stereocenters. The highest BCUT2D eigenvalue weighted by atomic mass is 35.5. The third-order valence-electron chi connectivity index (χ3n) is 1.68. The summed E-state index contributed by atoms with van der Waals surface area (Å²) in [6.45, 7) is 4.25. The first-order chi connectivity index (χ1) is 7.41. The van der Waals surface area contributed by atoms with E-state index in [0.29, 0.717) is 6.61 Å². The van der Waals surface area contributed by atoms with Gasteiger partial charge < -0.3 is 9.84 Å². The Hall–Kier alpha value is -1.00. The lowest BCUT2D eigenvalue weighted by atomic mass is 10.2. The van der Waals surface area contributed by atoms with Crippen molar-refractivity contribution in [1.82, 2.24) is 4.98 Å². The van der Waals surface area contributed by atoms with E-state index in [1.54, 1.807) is 0 Å². The minimum Gasteiger partial charge on any atom is -0.477 e. The third kappa shape index (κ3) is 3.25. The molecule has 0 fully saturated rings. The molecule has 1 heterocycles. The molecule has 1 aromatic rings. The first kappa shape index (κ1) is 13.1. The van der Waals surface area contributed by atoms with Crippen LogP contribution in [0.25, 0.3) is 0 Å². The van der Waals surface area contributed by atoms with Crippen LogP contribution in [-0.2, 0) is 0 Å². The maximum Gasteiger partial charge on any atom is 0.341 e. The number of carbonyl (C=O) groups is 1. The summed E-state index contributed by atoms with van der Waals surface area (Å²) >= 11 is 11.4. The van der Waals surface area contributed by atoms with Gasteiger partial charge in [0.25, 0.3) is 0 Å². The van der Waals surface area contributed by atoms with E-state index in [9.17, 15) is 4.79 Å². The Morgan fingerprint density at radius 3 is 2.69 bits per heavy atom. The van der Waals surface area contributed by atoms with Crippen molar-refractivity contribution in [2.75, 3.05) is 6.61 Å². The third-order valence-corrected chi connectivity index (χ3v) is 2.36. The van der Waals surface area contributed by atoms with Crippen LogP contribution in [0.4, 0.5) is 0 Å². The standard InChI is InChI=1S/C10H11Cl2NO3/c1-5(2)4-16-9-6(10(14)15)3-7(11)8(12)13-9/h3,5H,4H2,1-2H3,(H,14,15). The Labute approximate surface area is 103 Å². The molecule has 0 spiro atoms. The topological polar surface area (TPSA) is 59.4 Å². The van der Waals surface area contributed by atoms with Gasteiger partial charge in [-0.2, -0.15) is 4.98 Å². The Morgan fingerprint density at radius 2 is 2.19 bits per heavy atom. The molecule has 0 aliphatic rings. The highest BCUT2D eigenvalue weighted by Crippen LogP contribution is 2.27. The molecule has 0 radical (unpaired) electrons. The highest BCUT2D eigenvalue weighted by molar-refractivity contribution is 6.41. The molecular formula is C10H11Cl2NO3. The number of pyridine rings is 1. The van der Waals surface area contributed by atoms with E-state index in [1.807, 2.05) is 13.8 Å². The Kier molecular flexibility index (Phi) is 4.38. The van der Waals surface area contributed by atoms with Gasteiger partial charge in [0, 0.05) is 0 Å². The zero-order valence-electron chi connectivity index (χ0n) is 8.83. The number of halogens is 2. The average Bonchev–Trinajstić information content (AvgIpc) is 2.18. The summed E-state index contributed by atoms with van der Waals surface area (Å²) in [7, 11) is 0. The van der Waals surface area contributed by atoms with Gasteiger partial charge in [-0.05, 0) is 12.0 Å². The zero-order valence-corrected chi connectivity index (χ0v) is 10.3. The second kappa shape index (κ2) is 5.37. The molecule has 0 aliphatic heterocycles. The molecule has 0 saturated heterocycles. The SMILES string of the molecule is CC(C)COc1nc(Cl)c(Cl)cc1C(=O)O. The van der Waals surface area contributed by atoms with Crippen LogP contribution in [0.1, 0.15) is 24.2 Å². The van der Waals surface area contributed by atoms with E-state index >= 15 is 0 Å². The normalized spacial score (nSPS) is 10.6. The summed E-state index contributed by atoms with van der Waals surface area (Å²) in [4.78, 5) is 14.7. The number of aromatic carboxylic acids is 1. The number of rotatable bonds is 4. The Balaban J connectivity index is 3.05. The first-order valence-corrected chi connectivity index (χ1v) is 5.39. The van der Waals surface area contributed by atoms with Crippen LogP contribution in [0.15, 0.2) is 6.07 Å². The lowest BCUT2D eigenvalue weighted by Crippen LogP contribution is -2.10. The molecule has 0 unspecified atom stereocenters. The van der Waals surface area contributed by atoms with E-state index in [-0.39, 0.29) is 27.5 Å². The number of hydrogen-bond donors (Lipinski definition) is 1. The number of aromatic nitrogens is 1. The fourth-order valence-electron chi connectivity index (χ4n) is 0.960. The van der Waals surface area contributed by atoms with Gasteiger partial charge in [-0.15, -0.1) is 0 Å². The second-order valence-corrected chi connectivity index (χ2v) is 4.39. The molecule has 88 valence electrons. The van der Waals surface area contributed by atoms with Gasteiger partial charge in [0.2, 0.25) is 5.88 Å². The molecule has 1 N–H and O–H groups in total. The van der Waals surface area contributed by atoms with Crippen molar-refractivity contribution in [1.29, 1.82) is 0 Å². The molecule has 6 heteroatoms. The monoisotopic (exact) mass is 263 g/mol. The van der Waals surface area contributed by atoms with Crippen LogP contribution in [0.2, 0.25) is 10.2 Å². The van der Waals surface area contributed by atoms with Crippen LogP contribution in [-0.4, -0.2) is 22.7 Å². The van der Waals surface area contributed by atoms with Crippen LogP contribution in [0.3, 0.4) is 0 Å². The molecule has 0 amide bonds. The van der Waals surface area contributed by atoms with Gasteiger partial charge in [0.05, 0.1) is 11.6 Å². The van der Waals surface area contributed by atoms with Gasteiger partial charge in [0.15, 0.2) is 5.15 Å². The summed E-state index contributed by atoms with van der Waals surface area (Å²) in [5, 5.41) is 9.05. The number of ether oxygens (including phenoxy) is 1. The van der Waals surface area contributed by atoms with Crippen LogP contribution < -0.4 is 4.74 Å². The van der Waals surface area contributed by atoms with Crippen molar-refractivity contribution in [2.45, 2.75) is 13.8 Å². The molecule has 0 aromatic carbocycles. The van der Waals surface area contributed by atoms with Gasteiger partial charge in [-0.3, -0.25) is 0 Å². The average molecular weight is 264 g/mol. The molecule has 16 heavy (non-hydrogen) atoms. The van der Waals surface area contributed by atoms with Crippen LogP contribution in [0, 0.1) is 5.92 Å². The minimum atomic E-state index is -1.15. The summed E-state index contributed by atoms with van der Waals surface area (Å²) in [5.41, 5.74) is -0.0879. The van der Waals surface area contributed by atoms with E-state index in [2.05, 4.69) is 4.98 Å². The van der Waals surface area contributed by atoms with Crippen molar-refractivity contribution in [2.24, 2.45) is 5.92 Å². The van der Waals surface area contributed by atoms with Gasteiger partial charge in [-0.1, -0.05) is 37.0 Å². The number of nitrogens with zero attached hydrogens (tertiary/aromatic N) is 1. The van der Waals surface area contributed by atoms with Crippen molar-refractivity contribution in [3.8, 4) is 5.88 Å². The maximum absolute atomic E-state index is 10.9. The summed E-state index contributed by atoms with van der Waals surface area (Å²) < 4.78 is 5.26. The predicted molar refractivity (Wildman–Crippen MR) is 61.5 cm³/mol. The van der Waals surface area contributed by atoms with E-state index in [4.69, 9.17) is 33.0 Å². The lowest BCUT2D eigenvalue weighted by molar-refractivity contribution is 0.0690. The largest absolute Gasteiger partial charge is 0.477 e. The zero-order chi connectivity index (χ0) is 12.3. The van der Waals surface area contributed by atoms with Gasteiger partial charge >= 0.3 is 5.97 Å². The predicted octanol–water partition coefficient (Wildman–Crippen LogP) is 3.12. The van der Waals surface area contributed by atoms with Gasteiger partial charge in [0.1, 0.15) is 5.56 Å². The smallest absolute Gasteiger partial charge is 0.341 e. The second-order valence-electron chi connectivity index (χ2n) is 3.62. The highest BCUT2D eigenvalue weighted by Gasteiger charge is 2.16. The van der Waals surface area contributed by atoms with Crippen molar-refractivity contribution in [3.63, 3.8) is 0 Å². The van der Waals surface area contributed by atoms with Crippen LogP contribution >= 0.6 is 23.2 Å². The quantitative estimate of drug-likeness (QED) is 0.849. The number of hydrogen-bond acceptors (Lipinski definition) is 3. The summed E-state index contributed by atoms with van der Waals surface area (Å²) in [6.07, 6.45) is 0. The fourth-order valence-corrected chi connectivity index (χ4v) is 1.24. The van der Waals surface area contributed by atoms with E-state index in [0.717, 1.165) is 0 Å². The minimum absolute atomic E-state index is 0.00407. The number of carboxylic acid groups (broad SMARTS) is 1. The molecule has 1 aromatic heterocycles. The Bertz CT molecular complexity index is 407. The maximum atomic E-state index is 10.9. The van der Waals surface area contributed by atoms with E-state index in [1.165, 1.54) is 6.07 Å². The summed E-state index contributed by atoms with van der Waals surface area (Å²) in [5.74, 6) is -0.890. The van der Waals surface area contributed by atoms with Gasteiger partial charge in [-0.25, -0.2) is 4.79 Å². The molecule has 1 rings (SSSR count). The van der Waals surface area contributed by atoms with Crippen molar-refractivity contribution in [3.05, 3.63) is 21.8 Å². The molecular weight excluding hydrogens is 253 g/mol. The van der Waals surface area contributed by atoms with Crippen molar-refractivity contribution < 1.29 is 14.6 Å².